The fraction of sp³-hybridized carbons (Fsp3) is 0.480. The molecule has 32 heavy (non-hydrogen) atoms. The number of ether oxygens (including phenoxy) is 1. The van der Waals surface area contributed by atoms with Crippen LogP contribution < -0.4 is 15.4 Å². The Morgan fingerprint density at radius 2 is 1.88 bits per heavy atom. The Labute approximate surface area is 201 Å². The highest BCUT2D eigenvalue weighted by Crippen LogP contribution is 2.36. The minimum atomic E-state index is -0.978. The van der Waals surface area contributed by atoms with E-state index in [0.717, 1.165) is 36.3 Å². The third kappa shape index (κ3) is 6.88. The van der Waals surface area contributed by atoms with Crippen molar-refractivity contribution in [1.29, 1.82) is 0 Å². The van der Waals surface area contributed by atoms with Crippen LogP contribution in [0.25, 0.3) is 0 Å². The molecular formula is C25H33ClN2O3S. The van der Waals surface area contributed by atoms with E-state index >= 15 is 0 Å². The lowest BCUT2D eigenvalue weighted by atomic mass is 9.92. The van der Waals surface area contributed by atoms with Crippen LogP contribution >= 0.6 is 24.2 Å². The molecule has 0 aliphatic heterocycles. The first-order chi connectivity index (χ1) is 15.2. The van der Waals surface area contributed by atoms with E-state index in [-0.39, 0.29) is 30.5 Å². The molecule has 3 atom stereocenters. The van der Waals surface area contributed by atoms with E-state index < -0.39 is 5.60 Å². The lowest BCUT2D eigenvalue weighted by Gasteiger charge is -2.36. The maximum Gasteiger partial charge on any atom is 0.228 e. The lowest BCUT2D eigenvalue weighted by molar-refractivity contribution is -0.119. The van der Waals surface area contributed by atoms with E-state index in [1.807, 2.05) is 36.4 Å². The van der Waals surface area contributed by atoms with Crippen LogP contribution in [0.4, 0.5) is 5.69 Å². The Bertz CT molecular complexity index is 884. The first-order valence-electron chi connectivity index (χ1n) is 11.1. The molecule has 7 heteroatoms. The highest BCUT2D eigenvalue weighted by atomic mass is 35.5. The molecule has 0 bridgehead atoms. The summed E-state index contributed by atoms with van der Waals surface area (Å²) in [4.78, 5) is 15.0. The van der Waals surface area contributed by atoms with Crippen LogP contribution in [0.15, 0.2) is 48.5 Å². The molecule has 3 rings (SSSR count). The number of carbonyl (C=O) groups is 1. The van der Waals surface area contributed by atoms with Gasteiger partial charge in [-0.1, -0.05) is 23.7 Å². The molecule has 0 spiro atoms. The van der Waals surface area contributed by atoms with Crippen molar-refractivity contribution >= 4 is 35.8 Å². The van der Waals surface area contributed by atoms with Gasteiger partial charge in [-0.25, -0.2) is 0 Å². The summed E-state index contributed by atoms with van der Waals surface area (Å²) in [5, 5.41) is 11.2. The summed E-state index contributed by atoms with van der Waals surface area (Å²) >= 11 is 10.4. The van der Waals surface area contributed by atoms with E-state index in [4.69, 9.17) is 22.1 Å². The molecule has 1 saturated carbocycles. The molecule has 1 aliphatic carbocycles. The smallest absolute Gasteiger partial charge is 0.228 e. The molecule has 2 aromatic rings. The zero-order valence-corrected chi connectivity index (χ0v) is 20.4. The van der Waals surface area contributed by atoms with Gasteiger partial charge in [0.05, 0.1) is 11.6 Å². The highest BCUT2D eigenvalue weighted by molar-refractivity contribution is 7.80. The summed E-state index contributed by atoms with van der Waals surface area (Å²) < 4.78 is 6.08. The molecule has 174 valence electrons. The maximum absolute atomic E-state index is 13.2. The van der Waals surface area contributed by atoms with E-state index in [1.165, 1.54) is 0 Å². The van der Waals surface area contributed by atoms with Gasteiger partial charge < -0.3 is 20.5 Å². The number of anilines is 1. The quantitative estimate of drug-likeness (QED) is 0.437. The predicted octanol–water partition coefficient (Wildman–Crippen LogP) is 5.15. The fourth-order valence-electron chi connectivity index (χ4n) is 4.19. The summed E-state index contributed by atoms with van der Waals surface area (Å²) in [6, 6.07) is 14.8. The van der Waals surface area contributed by atoms with Crippen molar-refractivity contribution < 1.29 is 14.6 Å². The summed E-state index contributed by atoms with van der Waals surface area (Å²) in [6.45, 7) is 3.50. The van der Waals surface area contributed by atoms with Gasteiger partial charge in [-0.3, -0.25) is 4.79 Å². The van der Waals surface area contributed by atoms with Crippen molar-refractivity contribution in [2.45, 2.75) is 69.7 Å². The molecule has 5 nitrogen and oxygen atoms in total. The van der Waals surface area contributed by atoms with Gasteiger partial charge >= 0.3 is 0 Å². The van der Waals surface area contributed by atoms with Crippen molar-refractivity contribution in [3.05, 3.63) is 59.1 Å². The van der Waals surface area contributed by atoms with Crippen molar-refractivity contribution in [2.75, 3.05) is 10.7 Å². The summed E-state index contributed by atoms with van der Waals surface area (Å²) in [7, 11) is 0. The van der Waals surface area contributed by atoms with Crippen LogP contribution in [-0.4, -0.2) is 34.5 Å². The van der Waals surface area contributed by atoms with Crippen molar-refractivity contribution in [3.8, 4) is 5.75 Å². The summed E-state index contributed by atoms with van der Waals surface area (Å²) in [5.41, 5.74) is 6.67. The summed E-state index contributed by atoms with van der Waals surface area (Å²) in [5.74, 6) is 1.15. The molecule has 0 saturated heterocycles. The van der Waals surface area contributed by atoms with Crippen LogP contribution in [0.3, 0.4) is 0 Å². The van der Waals surface area contributed by atoms with Crippen molar-refractivity contribution in [2.24, 2.45) is 5.73 Å². The number of thiol groups is 1. The number of hydrogen-bond donors (Lipinski definition) is 3. The molecule has 0 unspecified atom stereocenters. The van der Waals surface area contributed by atoms with Gasteiger partial charge in [-0.2, -0.15) is 12.6 Å². The largest absolute Gasteiger partial charge is 0.490 e. The van der Waals surface area contributed by atoms with E-state index in [0.29, 0.717) is 17.2 Å². The van der Waals surface area contributed by atoms with Crippen LogP contribution in [0.2, 0.25) is 5.02 Å². The minimum absolute atomic E-state index is 0.0559. The summed E-state index contributed by atoms with van der Waals surface area (Å²) in [6.07, 6.45) is 3.59. The number of benzene rings is 2. The Balaban J connectivity index is 1.92. The number of rotatable bonds is 9. The predicted molar refractivity (Wildman–Crippen MR) is 134 cm³/mol. The number of halogens is 1. The molecular weight excluding hydrogens is 444 g/mol. The van der Waals surface area contributed by atoms with Gasteiger partial charge in [-0.15, -0.1) is 0 Å². The number of nitrogens with two attached hydrogens (primary N) is 1. The van der Waals surface area contributed by atoms with Crippen molar-refractivity contribution in [3.63, 3.8) is 0 Å². The first-order valence-corrected chi connectivity index (χ1v) is 12.1. The standard InChI is InChI=1S/C25H33ClN2O3S/c1-25(2,30)16-23(17-3-5-18(26)6-4-17)28(24(29)13-14-32)20-8-11-21(12-9-20)31-22-10-7-19(27)15-22/h3-6,8-9,11-12,19,22-23,30,32H,7,10,13-16,27H2,1-2H3/t19-,22-,23+/m1/s1. The monoisotopic (exact) mass is 476 g/mol. The Kier molecular flexibility index (Phi) is 8.50. The first kappa shape index (κ1) is 24.9. The Hall–Kier alpha value is -1.73. The molecule has 0 radical (unpaired) electrons. The molecule has 1 aliphatic rings. The topological polar surface area (TPSA) is 75.8 Å². The molecule has 2 aromatic carbocycles. The second-order valence-corrected chi connectivity index (χ2v) is 10.0. The number of carbonyl (C=O) groups excluding carboxylic acids is 1. The highest BCUT2D eigenvalue weighted by Gasteiger charge is 2.31. The van der Waals surface area contributed by atoms with Gasteiger partial charge in [0.25, 0.3) is 0 Å². The van der Waals surface area contributed by atoms with Crippen LogP contribution in [-0.2, 0) is 4.79 Å². The zero-order chi connectivity index (χ0) is 23.3. The van der Waals surface area contributed by atoms with E-state index in [9.17, 15) is 9.90 Å². The molecule has 3 N–H and O–H groups in total. The number of amides is 1. The number of aliphatic hydroxyl groups is 1. The number of hydrogen-bond acceptors (Lipinski definition) is 5. The SMILES string of the molecule is CC(C)(O)C[C@@H](c1ccc(Cl)cc1)N(C(=O)CCS)c1ccc(O[C@@H]2CC[C@@H](N)C2)cc1. The van der Waals surface area contributed by atoms with E-state index in [2.05, 4.69) is 12.6 Å². The zero-order valence-electron chi connectivity index (χ0n) is 18.7. The van der Waals surface area contributed by atoms with E-state index in [1.54, 1.807) is 30.9 Å². The van der Waals surface area contributed by atoms with Gasteiger partial charge in [0.2, 0.25) is 5.91 Å². The lowest BCUT2D eigenvalue weighted by Crippen LogP contribution is -2.39. The second-order valence-electron chi connectivity index (χ2n) is 9.13. The Morgan fingerprint density at radius 1 is 1.22 bits per heavy atom. The van der Waals surface area contributed by atoms with Gasteiger partial charge in [0.15, 0.2) is 0 Å². The average molecular weight is 477 g/mol. The molecule has 0 aromatic heterocycles. The Morgan fingerprint density at radius 3 is 2.41 bits per heavy atom. The van der Waals surface area contributed by atoms with Gasteiger partial charge in [-0.05, 0) is 80.8 Å². The third-order valence-electron chi connectivity index (χ3n) is 5.70. The fourth-order valence-corrected chi connectivity index (χ4v) is 4.51. The maximum atomic E-state index is 13.2. The minimum Gasteiger partial charge on any atom is -0.490 e. The third-order valence-corrected chi connectivity index (χ3v) is 6.17. The average Bonchev–Trinajstić information content (AvgIpc) is 3.13. The van der Waals surface area contributed by atoms with Crippen LogP contribution in [0.1, 0.15) is 57.6 Å². The van der Waals surface area contributed by atoms with Gasteiger partial charge in [0, 0.05) is 29.6 Å². The number of nitrogens with zero attached hydrogens (tertiary/aromatic N) is 1. The molecule has 0 heterocycles. The van der Waals surface area contributed by atoms with Crippen molar-refractivity contribution in [1.82, 2.24) is 0 Å². The van der Waals surface area contributed by atoms with Crippen LogP contribution in [0, 0.1) is 0 Å². The van der Waals surface area contributed by atoms with Crippen LogP contribution in [0.5, 0.6) is 5.75 Å². The molecule has 1 fully saturated rings. The normalized spacial score (nSPS) is 19.6. The molecule has 1 amide bonds. The van der Waals surface area contributed by atoms with Gasteiger partial charge in [0.1, 0.15) is 11.9 Å². The second kappa shape index (κ2) is 10.9.